The molecule has 1 aliphatic rings. The second-order valence-corrected chi connectivity index (χ2v) is 9.87. The SMILES string of the molecule is Cc1cc(Nc2cc(C)[nH]n2)nc(C2(O)CCC(C(=O)N[C@@H](C)c3ccc(-n4cc(F)cn4)nc3)CC2)n1. The third kappa shape index (κ3) is 5.54. The van der Waals surface area contributed by atoms with E-state index in [-0.39, 0.29) is 17.9 Å². The monoisotopic (exact) mass is 519 g/mol. The second kappa shape index (κ2) is 10.3. The van der Waals surface area contributed by atoms with Crippen LogP contribution >= 0.6 is 0 Å². The fourth-order valence-corrected chi connectivity index (χ4v) is 4.66. The van der Waals surface area contributed by atoms with Gasteiger partial charge in [0.05, 0.1) is 18.4 Å². The zero-order valence-electron chi connectivity index (χ0n) is 21.4. The first-order valence-corrected chi connectivity index (χ1v) is 12.5. The Labute approximate surface area is 218 Å². The Bertz CT molecular complexity index is 1420. The maximum Gasteiger partial charge on any atom is 0.223 e. The zero-order chi connectivity index (χ0) is 26.9. The largest absolute Gasteiger partial charge is 0.382 e. The summed E-state index contributed by atoms with van der Waals surface area (Å²) in [4.78, 5) is 26.4. The molecule has 4 aromatic rings. The molecule has 1 fully saturated rings. The van der Waals surface area contributed by atoms with E-state index >= 15 is 0 Å². The Balaban J connectivity index is 1.19. The van der Waals surface area contributed by atoms with Crippen LogP contribution in [0.4, 0.5) is 16.0 Å². The Morgan fingerprint density at radius 1 is 1.18 bits per heavy atom. The second-order valence-electron chi connectivity index (χ2n) is 9.87. The summed E-state index contributed by atoms with van der Waals surface area (Å²) in [6.07, 6.45) is 5.78. The van der Waals surface area contributed by atoms with Gasteiger partial charge in [0, 0.05) is 35.6 Å². The lowest BCUT2D eigenvalue weighted by atomic mass is 9.77. The lowest BCUT2D eigenvalue weighted by molar-refractivity contribution is -0.129. The van der Waals surface area contributed by atoms with Crippen LogP contribution in [0.3, 0.4) is 0 Å². The molecule has 4 N–H and O–H groups in total. The predicted octanol–water partition coefficient (Wildman–Crippen LogP) is 3.54. The summed E-state index contributed by atoms with van der Waals surface area (Å²) in [5.41, 5.74) is 1.26. The van der Waals surface area contributed by atoms with Gasteiger partial charge in [-0.05, 0) is 58.1 Å². The number of H-pyrrole nitrogens is 1. The quantitative estimate of drug-likeness (QED) is 0.290. The van der Waals surface area contributed by atoms with Crippen molar-refractivity contribution in [3.05, 3.63) is 71.4 Å². The normalized spacial score (nSPS) is 20.2. The number of halogens is 1. The van der Waals surface area contributed by atoms with Crippen LogP contribution in [0.25, 0.3) is 5.82 Å². The predicted molar refractivity (Wildman–Crippen MR) is 137 cm³/mol. The van der Waals surface area contributed by atoms with Crippen molar-refractivity contribution in [1.29, 1.82) is 0 Å². The number of nitrogens with one attached hydrogen (secondary N) is 3. The molecular weight excluding hydrogens is 489 g/mol. The van der Waals surface area contributed by atoms with Crippen molar-refractivity contribution in [2.45, 2.75) is 58.1 Å². The maximum atomic E-state index is 13.2. The number of pyridine rings is 1. The number of hydrogen-bond donors (Lipinski definition) is 4. The van der Waals surface area contributed by atoms with Crippen LogP contribution in [-0.4, -0.2) is 45.9 Å². The Hall–Kier alpha value is -4.19. The zero-order valence-corrected chi connectivity index (χ0v) is 21.4. The van der Waals surface area contributed by atoms with E-state index in [9.17, 15) is 14.3 Å². The molecule has 0 aliphatic heterocycles. The van der Waals surface area contributed by atoms with Gasteiger partial charge < -0.3 is 15.7 Å². The first kappa shape index (κ1) is 25.5. The van der Waals surface area contributed by atoms with Gasteiger partial charge >= 0.3 is 0 Å². The van der Waals surface area contributed by atoms with Gasteiger partial charge in [0.15, 0.2) is 23.3 Å². The van der Waals surface area contributed by atoms with E-state index in [0.29, 0.717) is 49.0 Å². The number of amides is 1. The summed E-state index contributed by atoms with van der Waals surface area (Å²) >= 11 is 0. The molecule has 0 spiro atoms. The molecular formula is C26H30FN9O2. The molecule has 0 bridgehead atoms. The van der Waals surface area contributed by atoms with E-state index in [1.54, 1.807) is 18.3 Å². The molecule has 1 aliphatic carbocycles. The van der Waals surface area contributed by atoms with Crippen LogP contribution in [0.15, 0.2) is 42.9 Å². The van der Waals surface area contributed by atoms with E-state index < -0.39 is 11.4 Å². The smallest absolute Gasteiger partial charge is 0.223 e. The van der Waals surface area contributed by atoms with Crippen molar-refractivity contribution in [2.24, 2.45) is 5.92 Å². The first-order chi connectivity index (χ1) is 18.2. The first-order valence-electron chi connectivity index (χ1n) is 12.5. The Kier molecular flexibility index (Phi) is 6.89. The lowest BCUT2D eigenvalue weighted by Crippen LogP contribution is -2.40. The topological polar surface area (TPSA) is 147 Å². The molecule has 4 heterocycles. The molecule has 1 atom stereocenters. The third-order valence-corrected chi connectivity index (χ3v) is 6.83. The molecule has 1 saturated carbocycles. The van der Waals surface area contributed by atoms with Crippen LogP contribution in [0.2, 0.25) is 0 Å². The molecule has 0 aromatic carbocycles. The summed E-state index contributed by atoms with van der Waals surface area (Å²) in [7, 11) is 0. The highest BCUT2D eigenvalue weighted by Crippen LogP contribution is 2.39. The third-order valence-electron chi connectivity index (χ3n) is 6.83. The van der Waals surface area contributed by atoms with Crippen molar-refractivity contribution in [1.82, 2.24) is 40.2 Å². The molecule has 5 rings (SSSR count). The van der Waals surface area contributed by atoms with E-state index in [1.807, 2.05) is 32.9 Å². The molecule has 198 valence electrons. The number of hydrogen-bond acceptors (Lipinski definition) is 8. The highest BCUT2D eigenvalue weighted by atomic mass is 19.1. The van der Waals surface area contributed by atoms with Crippen molar-refractivity contribution < 1.29 is 14.3 Å². The number of aromatic amines is 1. The molecule has 12 heteroatoms. The fraction of sp³-hybridized carbons (Fsp3) is 0.385. The van der Waals surface area contributed by atoms with Crippen LogP contribution in [-0.2, 0) is 10.4 Å². The van der Waals surface area contributed by atoms with E-state index in [1.165, 1.54) is 10.9 Å². The Morgan fingerprint density at radius 2 is 1.97 bits per heavy atom. The average molecular weight is 520 g/mol. The van der Waals surface area contributed by atoms with Gasteiger partial charge in [-0.1, -0.05) is 6.07 Å². The van der Waals surface area contributed by atoms with Crippen molar-refractivity contribution in [3.8, 4) is 5.82 Å². The minimum absolute atomic E-state index is 0.0702. The summed E-state index contributed by atoms with van der Waals surface area (Å²) in [6, 6.07) is 6.95. The number of aromatic nitrogens is 7. The lowest BCUT2D eigenvalue weighted by Gasteiger charge is -2.34. The number of carbonyl (C=O) groups is 1. The van der Waals surface area contributed by atoms with Crippen molar-refractivity contribution in [2.75, 3.05) is 5.32 Å². The molecule has 4 aromatic heterocycles. The minimum atomic E-state index is -1.21. The fourth-order valence-electron chi connectivity index (χ4n) is 4.66. The number of rotatable bonds is 7. The molecule has 1 amide bonds. The van der Waals surface area contributed by atoms with Crippen molar-refractivity contribution >= 4 is 17.5 Å². The summed E-state index contributed by atoms with van der Waals surface area (Å²) in [6.45, 7) is 5.65. The van der Waals surface area contributed by atoms with Gasteiger partial charge in [-0.3, -0.25) is 9.89 Å². The van der Waals surface area contributed by atoms with Crippen LogP contribution in [0.5, 0.6) is 0 Å². The molecule has 11 nitrogen and oxygen atoms in total. The van der Waals surface area contributed by atoms with Gasteiger partial charge in [-0.15, -0.1) is 0 Å². The van der Waals surface area contributed by atoms with Gasteiger partial charge in [-0.25, -0.2) is 24.0 Å². The number of nitrogens with zero attached hydrogens (tertiary/aromatic N) is 6. The van der Waals surface area contributed by atoms with Gasteiger partial charge in [-0.2, -0.15) is 10.2 Å². The molecule has 0 saturated heterocycles. The van der Waals surface area contributed by atoms with Gasteiger partial charge in [0.25, 0.3) is 0 Å². The maximum absolute atomic E-state index is 13.2. The highest BCUT2D eigenvalue weighted by Gasteiger charge is 2.40. The van der Waals surface area contributed by atoms with E-state index in [0.717, 1.165) is 23.1 Å². The van der Waals surface area contributed by atoms with Crippen LogP contribution in [0.1, 0.15) is 61.4 Å². The van der Waals surface area contributed by atoms with E-state index in [4.69, 9.17) is 0 Å². The van der Waals surface area contributed by atoms with Crippen LogP contribution < -0.4 is 10.6 Å². The standard InChI is InChI=1S/C26H30FN9O2/c1-15-10-21(32-22-11-16(2)34-35-22)33-25(30-15)26(38)8-6-18(7-9-26)24(37)31-17(3)19-4-5-23(28-12-19)36-14-20(27)13-29-36/h4-5,10-14,17-18,38H,6-9H2,1-3H3,(H,31,37)(H2,30,32,33,34,35)/t17-,18?,26?/m0/s1. The summed E-state index contributed by atoms with van der Waals surface area (Å²) in [5, 5.41) is 28.5. The van der Waals surface area contributed by atoms with Gasteiger partial charge in [0.2, 0.25) is 5.91 Å². The highest BCUT2D eigenvalue weighted by molar-refractivity contribution is 5.79. The number of anilines is 2. The molecule has 0 radical (unpaired) electrons. The minimum Gasteiger partial charge on any atom is -0.382 e. The van der Waals surface area contributed by atoms with Crippen molar-refractivity contribution in [3.63, 3.8) is 0 Å². The average Bonchev–Trinajstić information content (AvgIpc) is 3.51. The molecule has 0 unspecified atom stereocenters. The number of carbonyl (C=O) groups excluding carboxylic acids is 1. The number of aliphatic hydroxyl groups is 1. The van der Waals surface area contributed by atoms with Gasteiger partial charge in [0.1, 0.15) is 11.4 Å². The summed E-state index contributed by atoms with van der Waals surface area (Å²) in [5.74, 6) is 1.28. The van der Waals surface area contributed by atoms with E-state index in [2.05, 4.69) is 40.9 Å². The molecule has 38 heavy (non-hydrogen) atoms. The number of aryl methyl sites for hydroxylation is 2. The Morgan fingerprint density at radius 3 is 2.61 bits per heavy atom. The van der Waals surface area contributed by atoms with Crippen LogP contribution in [0, 0.1) is 25.6 Å². The summed E-state index contributed by atoms with van der Waals surface area (Å²) < 4.78 is 14.6.